The average molecular weight is 270 g/mol. The monoisotopic (exact) mass is 270 g/mol. The van der Waals surface area contributed by atoms with Gasteiger partial charge in [0.05, 0.1) is 18.8 Å². The predicted octanol–water partition coefficient (Wildman–Crippen LogP) is 2.95. The van der Waals surface area contributed by atoms with Crippen LogP contribution >= 0.6 is 0 Å². The zero-order chi connectivity index (χ0) is 14.4. The van der Waals surface area contributed by atoms with E-state index in [0.717, 1.165) is 23.1 Å². The quantitative estimate of drug-likeness (QED) is 0.850. The summed E-state index contributed by atoms with van der Waals surface area (Å²) in [6.45, 7) is 2.23. The minimum absolute atomic E-state index is 0.0542. The Kier molecular flexibility index (Phi) is 4.91. The van der Waals surface area contributed by atoms with Crippen LogP contribution < -0.4 is 0 Å². The molecule has 20 heavy (non-hydrogen) atoms. The van der Waals surface area contributed by atoms with Gasteiger partial charge in [0.2, 0.25) is 0 Å². The van der Waals surface area contributed by atoms with Gasteiger partial charge in [-0.15, -0.1) is 0 Å². The number of aliphatic hydroxyl groups is 1. The van der Waals surface area contributed by atoms with Crippen LogP contribution in [0.2, 0.25) is 0 Å². The van der Waals surface area contributed by atoms with Gasteiger partial charge in [0.25, 0.3) is 0 Å². The lowest BCUT2D eigenvalue weighted by Gasteiger charge is -2.06. The van der Waals surface area contributed by atoms with Crippen molar-refractivity contribution in [1.82, 2.24) is 0 Å². The number of ether oxygens (including phenoxy) is 1. The molecule has 0 spiro atoms. The molecule has 3 heteroatoms. The molecule has 2 rings (SSSR count). The first-order valence-corrected chi connectivity index (χ1v) is 6.67. The van der Waals surface area contributed by atoms with Crippen molar-refractivity contribution in [1.29, 1.82) is 0 Å². The van der Waals surface area contributed by atoms with Crippen LogP contribution in [0.1, 0.15) is 34.0 Å². The molecule has 0 unspecified atom stereocenters. The maximum Gasteiger partial charge on any atom is 0.338 e. The van der Waals surface area contributed by atoms with E-state index in [1.807, 2.05) is 42.5 Å². The van der Waals surface area contributed by atoms with Gasteiger partial charge >= 0.3 is 5.97 Å². The first kappa shape index (κ1) is 14.3. The van der Waals surface area contributed by atoms with E-state index in [4.69, 9.17) is 9.84 Å². The van der Waals surface area contributed by atoms with Gasteiger partial charge in [0, 0.05) is 0 Å². The Morgan fingerprint density at radius 3 is 2.40 bits per heavy atom. The Labute approximate surface area is 118 Å². The number of carbonyl (C=O) groups excluding carboxylic acids is 1. The fourth-order valence-corrected chi connectivity index (χ4v) is 2.02. The fraction of sp³-hybridized carbons (Fsp3) is 0.235. The van der Waals surface area contributed by atoms with Crippen LogP contribution in [0.25, 0.3) is 0 Å². The zero-order valence-electron chi connectivity index (χ0n) is 11.5. The van der Waals surface area contributed by atoms with E-state index in [0.29, 0.717) is 12.2 Å². The molecule has 0 saturated heterocycles. The first-order chi connectivity index (χ1) is 9.72. The van der Waals surface area contributed by atoms with Crippen LogP contribution in [0.4, 0.5) is 0 Å². The Morgan fingerprint density at radius 1 is 1.05 bits per heavy atom. The van der Waals surface area contributed by atoms with E-state index < -0.39 is 0 Å². The van der Waals surface area contributed by atoms with Crippen molar-refractivity contribution < 1.29 is 14.6 Å². The van der Waals surface area contributed by atoms with E-state index in [1.165, 1.54) is 0 Å². The van der Waals surface area contributed by atoms with Gasteiger partial charge in [-0.3, -0.25) is 0 Å². The number of rotatable bonds is 5. The Morgan fingerprint density at radius 2 is 1.75 bits per heavy atom. The molecule has 3 nitrogen and oxygen atoms in total. The normalized spacial score (nSPS) is 10.3. The summed E-state index contributed by atoms with van der Waals surface area (Å²) in [7, 11) is 0. The molecule has 0 fully saturated rings. The van der Waals surface area contributed by atoms with Crippen LogP contribution in [-0.4, -0.2) is 17.7 Å². The Hall–Kier alpha value is -2.13. The minimum Gasteiger partial charge on any atom is -0.462 e. The third-order valence-corrected chi connectivity index (χ3v) is 3.05. The summed E-state index contributed by atoms with van der Waals surface area (Å²) in [6.07, 6.45) is 0.749. The molecule has 0 saturated carbocycles. The summed E-state index contributed by atoms with van der Waals surface area (Å²) < 4.78 is 5.00. The fourth-order valence-electron chi connectivity index (χ4n) is 2.02. The van der Waals surface area contributed by atoms with Crippen molar-refractivity contribution in [2.45, 2.75) is 20.0 Å². The second-order valence-electron chi connectivity index (χ2n) is 4.57. The van der Waals surface area contributed by atoms with Crippen LogP contribution in [0.5, 0.6) is 0 Å². The summed E-state index contributed by atoms with van der Waals surface area (Å²) in [4.78, 5) is 11.7. The largest absolute Gasteiger partial charge is 0.462 e. The highest BCUT2D eigenvalue weighted by molar-refractivity contribution is 5.89. The van der Waals surface area contributed by atoms with E-state index in [9.17, 15) is 4.79 Å². The van der Waals surface area contributed by atoms with Crippen molar-refractivity contribution in [2.24, 2.45) is 0 Å². The third-order valence-electron chi connectivity index (χ3n) is 3.05. The summed E-state index contributed by atoms with van der Waals surface area (Å²) in [5.74, 6) is -0.287. The summed E-state index contributed by atoms with van der Waals surface area (Å²) in [5, 5.41) is 9.01. The highest BCUT2D eigenvalue weighted by atomic mass is 16.5. The molecule has 104 valence electrons. The number of esters is 1. The molecule has 0 radical (unpaired) electrons. The van der Waals surface area contributed by atoms with Crippen LogP contribution in [-0.2, 0) is 17.8 Å². The molecule has 0 atom stereocenters. The van der Waals surface area contributed by atoms with Crippen LogP contribution in [0.3, 0.4) is 0 Å². The van der Waals surface area contributed by atoms with Gasteiger partial charge in [0.15, 0.2) is 0 Å². The number of aliphatic hydroxyl groups excluding tert-OH is 1. The van der Waals surface area contributed by atoms with Crippen molar-refractivity contribution in [2.75, 3.05) is 6.61 Å². The second-order valence-corrected chi connectivity index (χ2v) is 4.57. The van der Waals surface area contributed by atoms with Crippen LogP contribution in [0.15, 0.2) is 48.5 Å². The molecule has 0 aliphatic carbocycles. The van der Waals surface area contributed by atoms with E-state index >= 15 is 0 Å². The molecule has 0 aliphatic heterocycles. The molecule has 0 heterocycles. The van der Waals surface area contributed by atoms with Crippen molar-refractivity contribution in [3.05, 3.63) is 70.8 Å². The molecular formula is C17H18O3. The van der Waals surface area contributed by atoms with Gasteiger partial charge in [0.1, 0.15) is 0 Å². The van der Waals surface area contributed by atoms with Crippen molar-refractivity contribution >= 4 is 5.97 Å². The molecule has 2 aromatic rings. The summed E-state index contributed by atoms with van der Waals surface area (Å²) in [6, 6.07) is 15.3. The lowest BCUT2D eigenvalue weighted by molar-refractivity contribution is 0.0526. The topological polar surface area (TPSA) is 46.5 Å². The third kappa shape index (κ3) is 3.68. The van der Waals surface area contributed by atoms with E-state index in [1.54, 1.807) is 13.0 Å². The lowest BCUT2D eigenvalue weighted by atomic mass is 10.0. The standard InChI is InChI=1S/C17H18O3/c1-2-20-17(19)16-5-3-4-15(11-16)10-13-6-8-14(12-18)9-7-13/h3-9,11,18H,2,10,12H2,1H3. The number of benzene rings is 2. The van der Waals surface area contributed by atoms with Crippen molar-refractivity contribution in [3.8, 4) is 0 Å². The van der Waals surface area contributed by atoms with Gasteiger partial charge in [-0.25, -0.2) is 4.79 Å². The molecule has 0 bridgehead atoms. The summed E-state index contributed by atoms with van der Waals surface area (Å²) >= 11 is 0. The van der Waals surface area contributed by atoms with Crippen molar-refractivity contribution in [3.63, 3.8) is 0 Å². The molecule has 0 amide bonds. The minimum atomic E-state index is -0.287. The average Bonchev–Trinajstić information content (AvgIpc) is 2.48. The smallest absolute Gasteiger partial charge is 0.338 e. The van der Waals surface area contributed by atoms with Gasteiger partial charge in [-0.05, 0) is 42.2 Å². The Balaban J connectivity index is 2.12. The highest BCUT2D eigenvalue weighted by Gasteiger charge is 2.07. The molecular weight excluding hydrogens is 252 g/mol. The predicted molar refractivity (Wildman–Crippen MR) is 77.6 cm³/mol. The number of hydrogen-bond donors (Lipinski definition) is 1. The van der Waals surface area contributed by atoms with Gasteiger partial charge in [-0.2, -0.15) is 0 Å². The van der Waals surface area contributed by atoms with Crippen LogP contribution in [0, 0.1) is 0 Å². The zero-order valence-corrected chi connectivity index (χ0v) is 11.5. The molecule has 0 aromatic heterocycles. The molecule has 0 aliphatic rings. The maximum absolute atomic E-state index is 11.7. The number of carbonyl (C=O) groups is 1. The van der Waals surface area contributed by atoms with Gasteiger partial charge in [-0.1, -0.05) is 36.4 Å². The second kappa shape index (κ2) is 6.87. The maximum atomic E-state index is 11.7. The molecule has 2 aromatic carbocycles. The SMILES string of the molecule is CCOC(=O)c1cccc(Cc2ccc(CO)cc2)c1. The number of hydrogen-bond acceptors (Lipinski definition) is 3. The lowest BCUT2D eigenvalue weighted by Crippen LogP contribution is -2.05. The Bertz CT molecular complexity index is 573. The summed E-state index contributed by atoms with van der Waals surface area (Å²) in [5.41, 5.74) is 3.68. The van der Waals surface area contributed by atoms with Gasteiger partial charge < -0.3 is 9.84 Å². The van der Waals surface area contributed by atoms with E-state index in [2.05, 4.69) is 0 Å². The van der Waals surface area contributed by atoms with E-state index in [-0.39, 0.29) is 12.6 Å². The molecule has 1 N–H and O–H groups in total. The highest BCUT2D eigenvalue weighted by Crippen LogP contribution is 2.13. The first-order valence-electron chi connectivity index (χ1n) is 6.67.